The van der Waals surface area contributed by atoms with Crippen LogP contribution in [0.2, 0.25) is 0 Å². The largest absolute Gasteiger partial charge is 0.391 e. The number of aliphatic hydroxyl groups excluding tert-OH is 1. The van der Waals surface area contributed by atoms with Crippen molar-refractivity contribution in [3.63, 3.8) is 0 Å². The smallest absolute Gasteiger partial charge is 0.232 e. The van der Waals surface area contributed by atoms with Crippen LogP contribution in [-0.2, 0) is 4.79 Å². The molecule has 4 nitrogen and oxygen atoms in total. The fraction of sp³-hybridized carbons (Fsp3) is 0.889. The van der Waals surface area contributed by atoms with Crippen LogP contribution in [0.4, 0.5) is 0 Å². The van der Waals surface area contributed by atoms with Gasteiger partial charge in [0, 0.05) is 25.6 Å². The Morgan fingerprint density at radius 2 is 2.33 bits per heavy atom. The molecule has 1 amide bonds. The van der Waals surface area contributed by atoms with E-state index >= 15 is 0 Å². The Labute approximate surface area is 101 Å². The maximum atomic E-state index is 11.4. The van der Waals surface area contributed by atoms with Crippen molar-refractivity contribution in [3.05, 3.63) is 0 Å². The summed E-state index contributed by atoms with van der Waals surface area (Å²) in [5.41, 5.74) is 0. The van der Waals surface area contributed by atoms with Gasteiger partial charge in [-0.2, -0.15) is 11.8 Å². The molecule has 3 unspecified atom stereocenters. The third kappa shape index (κ3) is 4.59. The lowest BCUT2D eigenvalue weighted by Crippen LogP contribution is -2.37. The van der Waals surface area contributed by atoms with Gasteiger partial charge in [-0.1, -0.05) is 0 Å². The van der Waals surface area contributed by atoms with Crippen molar-refractivity contribution in [1.82, 2.24) is 10.6 Å². The number of rotatable bonds is 4. The molecule has 6 heteroatoms. The van der Waals surface area contributed by atoms with Crippen molar-refractivity contribution >= 4 is 30.1 Å². The first-order valence-corrected chi connectivity index (χ1v) is 6.13. The summed E-state index contributed by atoms with van der Waals surface area (Å²) in [4.78, 5) is 11.4. The SMILES string of the molecule is CSC(C)C(=O)NCC1CNCC1O.Cl. The second kappa shape index (κ2) is 7.33. The van der Waals surface area contributed by atoms with Crippen LogP contribution in [0.3, 0.4) is 0 Å². The highest BCUT2D eigenvalue weighted by atomic mass is 35.5. The van der Waals surface area contributed by atoms with Gasteiger partial charge >= 0.3 is 0 Å². The minimum atomic E-state index is -0.320. The van der Waals surface area contributed by atoms with Crippen LogP contribution in [0.1, 0.15) is 6.92 Å². The van der Waals surface area contributed by atoms with Crippen molar-refractivity contribution in [2.75, 3.05) is 25.9 Å². The van der Waals surface area contributed by atoms with Gasteiger partial charge in [0.1, 0.15) is 0 Å². The Bertz CT molecular complexity index is 207. The van der Waals surface area contributed by atoms with Gasteiger partial charge in [-0.3, -0.25) is 4.79 Å². The van der Waals surface area contributed by atoms with E-state index in [0.717, 1.165) is 6.54 Å². The topological polar surface area (TPSA) is 61.4 Å². The number of nitrogens with one attached hydrogen (secondary N) is 2. The lowest BCUT2D eigenvalue weighted by molar-refractivity contribution is -0.120. The zero-order valence-corrected chi connectivity index (χ0v) is 10.7. The second-order valence-corrected chi connectivity index (χ2v) is 4.79. The Morgan fingerprint density at radius 1 is 1.67 bits per heavy atom. The van der Waals surface area contributed by atoms with E-state index in [-0.39, 0.29) is 35.6 Å². The summed E-state index contributed by atoms with van der Waals surface area (Å²) in [5, 5.41) is 15.4. The third-order valence-corrected chi connectivity index (χ3v) is 3.49. The number of carbonyl (C=O) groups excluding carboxylic acids is 1. The van der Waals surface area contributed by atoms with Crippen LogP contribution in [0, 0.1) is 5.92 Å². The lowest BCUT2D eigenvalue weighted by Gasteiger charge is -2.15. The van der Waals surface area contributed by atoms with Gasteiger partial charge in [-0.05, 0) is 13.2 Å². The van der Waals surface area contributed by atoms with Crippen molar-refractivity contribution in [2.24, 2.45) is 5.92 Å². The van der Waals surface area contributed by atoms with Crippen LogP contribution in [0.15, 0.2) is 0 Å². The first-order chi connectivity index (χ1) is 6.65. The van der Waals surface area contributed by atoms with E-state index in [0.29, 0.717) is 13.1 Å². The predicted octanol–water partition coefficient (Wildman–Crippen LogP) is -0.144. The fourth-order valence-electron chi connectivity index (χ4n) is 1.41. The van der Waals surface area contributed by atoms with Gasteiger partial charge in [-0.25, -0.2) is 0 Å². The first-order valence-electron chi connectivity index (χ1n) is 4.84. The van der Waals surface area contributed by atoms with Crippen LogP contribution in [-0.4, -0.2) is 48.3 Å². The highest BCUT2D eigenvalue weighted by Gasteiger charge is 2.25. The number of β-amino-alcohol motifs (C(OH)–C–C–N with tert-alkyl or cyclic N) is 1. The molecule has 1 fully saturated rings. The zero-order chi connectivity index (χ0) is 10.6. The molecule has 0 spiro atoms. The Balaban J connectivity index is 0.00000196. The standard InChI is InChI=1S/C9H18N2O2S.ClH/c1-6(14-2)9(13)11-4-7-3-10-5-8(7)12;/h6-8,10,12H,3-5H2,1-2H3,(H,11,13);1H. The van der Waals surface area contributed by atoms with Gasteiger partial charge < -0.3 is 15.7 Å². The summed E-state index contributed by atoms with van der Waals surface area (Å²) in [6, 6.07) is 0. The summed E-state index contributed by atoms with van der Waals surface area (Å²) >= 11 is 1.53. The maximum Gasteiger partial charge on any atom is 0.232 e. The predicted molar refractivity (Wildman–Crippen MR) is 65.6 cm³/mol. The van der Waals surface area contributed by atoms with Crippen molar-refractivity contribution in [3.8, 4) is 0 Å². The normalized spacial score (nSPS) is 26.9. The van der Waals surface area contributed by atoms with Crippen LogP contribution in [0.25, 0.3) is 0 Å². The van der Waals surface area contributed by atoms with Crippen LogP contribution in [0.5, 0.6) is 0 Å². The number of aliphatic hydroxyl groups is 1. The van der Waals surface area contributed by atoms with E-state index < -0.39 is 0 Å². The Morgan fingerprint density at radius 3 is 2.80 bits per heavy atom. The average Bonchev–Trinajstić information content (AvgIpc) is 2.59. The average molecular weight is 255 g/mol. The summed E-state index contributed by atoms with van der Waals surface area (Å²) in [6.07, 6.45) is 1.59. The number of hydrogen-bond acceptors (Lipinski definition) is 4. The third-order valence-electron chi connectivity index (χ3n) is 2.57. The second-order valence-electron chi connectivity index (χ2n) is 3.61. The molecular weight excluding hydrogens is 236 g/mol. The molecule has 0 aromatic heterocycles. The molecule has 0 aromatic rings. The maximum absolute atomic E-state index is 11.4. The summed E-state index contributed by atoms with van der Waals surface area (Å²) in [7, 11) is 0. The minimum absolute atomic E-state index is 0. The van der Waals surface area contributed by atoms with Crippen molar-refractivity contribution < 1.29 is 9.90 Å². The van der Waals surface area contributed by atoms with Gasteiger partial charge in [0.2, 0.25) is 5.91 Å². The zero-order valence-electron chi connectivity index (χ0n) is 9.03. The monoisotopic (exact) mass is 254 g/mol. The van der Waals surface area contributed by atoms with Gasteiger partial charge in [-0.15, -0.1) is 12.4 Å². The number of carbonyl (C=O) groups is 1. The van der Waals surface area contributed by atoms with E-state index in [1.54, 1.807) is 0 Å². The number of amides is 1. The molecule has 1 aliphatic rings. The molecule has 1 rings (SSSR count). The summed E-state index contributed by atoms with van der Waals surface area (Å²) in [6.45, 7) is 3.87. The number of hydrogen-bond donors (Lipinski definition) is 3. The molecule has 1 heterocycles. The molecule has 3 N–H and O–H groups in total. The summed E-state index contributed by atoms with van der Waals surface area (Å²) in [5.74, 6) is 0.213. The van der Waals surface area contributed by atoms with Crippen molar-refractivity contribution in [1.29, 1.82) is 0 Å². The van der Waals surface area contributed by atoms with E-state index in [4.69, 9.17) is 0 Å². The molecule has 0 saturated carbocycles. The first kappa shape index (κ1) is 15.0. The molecule has 3 atom stereocenters. The Hall–Kier alpha value is 0.0300. The Kier molecular flexibility index (Phi) is 7.34. The number of thioether (sulfide) groups is 1. The van der Waals surface area contributed by atoms with E-state index in [1.807, 2.05) is 13.2 Å². The van der Waals surface area contributed by atoms with Gasteiger partial charge in [0.25, 0.3) is 0 Å². The van der Waals surface area contributed by atoms with Crippen LogP contribution >= 0.6 is 24.2 Å². The highest BCUT2D eigenvalue weighted by molar-refractivity contribution is 7.99. The molecule has 1 saturated heterocycles. The van der Waals surface area contributed by atoms with Gasteiger partial charge in [0.15, 0.2) is 0 Å². The van der Waals surface area contributed by atoms with Crippen molar-refractivity contribution in [2.45, 2.75) is 18.3 Å². The highest BCUT2D eigenvalue weighted by Crippen LogP contribution is 2.08. The fourth-order valence-corrected chi connectivity index (χ4v) is 1.71. The molecular formula is C9H19ClN2O2S. The molecule has 1 aliphatic heterocycles. The van der Waals surface area contributed by atoms with E-state index in [9.17, 15) is 9.90 Å². The molecule has 0 aliphatic carbocycles. The molecule has 90 valence electrons. The van der Waals surface area contributed by atoms with Crippen LogP contribution < -0.4 is 10.6 Å². The number of halogens is 1. The minimum Gasteiger partial charge on any atom is -0.391 e. The van der Waals surface area contributed by atoms with E-state index in [2.05, 4.69) is 10.6 Å². The molecule has 0 bridgehead atoms. The van der Waals surface area contributed by atoms with Gasteiger partial charge in [0.05, 0.1) is 11.4 Å². The lowest BCUT2D eigenvalue weighted by atomic mass is 10.1. The molecule has 0 radical (unpaired) electrons. The van der Waals surface area contributed by atoms with E-state index in [1.165, 1.54) is 11.8 Å². The molecule has 15 heavy (non-hydrogen) atoms. The quantitative estimate of drug-likeness (QED) is 0.654. The summed E-state index contributed by atoms with van der Waals surface area (Å²) < 4.78 is 0. The molecule has 0 aromatic carbocycles.